The normalized spacial score (nSPS) is 15.0. The molecular formula is C19H28N6O3S2. The fraction of sp³-hybridized carbons (Fsp3) is 0.579. The van der Waals surface area contributed by atoms with Gasteiger partial charge in [-0.25, -0.2) is 13.1 Å². The van der Waals surface area contributed by atoms with Crippen LogP contribution in [0.3, 0.4) is 0 Å². The first-order valence-electron chi connectivity index (χ1n) is 10.2. The van der Waals surface area contributed by atoms with Gasteiger partial charge in [0.1, 0.15) is 0 Å². The van der Waals surface area contributed by atoms with Crippen molar-refractivity contribution in [3.8, 4) is 0 Å². The van der Waals surface area contributed by atoms with Crippen LogP contribution in [0.15, 0.2) is 34.3 Å². The van der Waals surface area contributed by atoms with Gasteiger partial charge in [0.05, 0.1) is 16.7 Å². The second kappa shape index (κ2) is 10.4. The molecule has 1 saturated carbocycles. The number of thioether (sulfide) groups is 1. The van der Waals surface area contributed by atoms with Crippen molar-refractivity contribution < 1.29 is 13.2 Å². The van der Waals surface area contributed by atoms with Crippen molar-refractivity contribution in [1.29, 1.82) is 0 Å². The molecule has 30 heavy (non-hydrogen) atoms. The molecule has 0 unspecified atom stereocenters. The number of carbonyl (C=O) groups excluding carboxylic acids is 1. The zero-order chi connectivity index (χ0) is 21.6. The van der Waals surface area contributed by atoms with Crippen LogP contribution in [0.1, 0.15) is 51.1 Å². The van der Waals surface area contributed by atoms with E-state index in [0.29, 0.717) is 30.8 Å². The highest BCUT2D eigenvalue weighted by Gasteiger charge is 2.22. The Morgan fingerprint density at radius 1 is 1.20 bits per heavy atom. The molecule has 1 heterocycles. The van der Waals surface area contributed by atoms with Crippen LogP contribution in [0.4, 0.5) is 0 Å². The van der Waals surface area contributed by atoms with Crippen LogP contribution < -0.4 is 5.32 Å². The predicted molar refractivity (Wildman–Crippen MR) is 114 cm³/mol. The van der Waals surface area contributed by atoms with Gasteiger partial charge in [0.25, 0.3) is 0 Å². The van der Waals surface area contributed by atoms with Gasteiger partial charge in [0.2, 0.25) is 21.1 Å². The van der Waals surface area contributed by atoms with E-state index in [9.17, 15) is 13.2 Å². The summed E-state index contributed by atoms with van der Waals surface area (Å²) in [6.07, 6.45) is 4.52. The van der Waals surface area contributed by atoms with Gasteiger partial charge in [0.15, 0.2) is 0 Å². The van der Waals surface area contributed by atoms with Crippen molar-refractivity contribution in [2.75, 3.05) is 18.8 Å². The van der Waals surface area contributed by atoms with E-state index in [2.05, 4.69) is 20.8 Å². The third-order valence-corrected chi connectivity index (χ3v) is 8.22. The summed E-state index contributed by atoms with van der Waals surface area (Å²) >= 11 is 1.33. The third kappa shape index (κ3) is 5.38. The number of carbonyl (C=O) groups is 1. The molecule has 1 N–H and O–H groups in total. The molecule has 9 nitrogen and oxygen atoms in total. The van der Waals surface area contributed by atoms with E-state index in [0.717, 1.165) is 18.4 Å². The van der Waals surface area contributed by atoms with Gasteiger partial charge >= 0.3 is 0 Å². The van der Waals surface area contributed by atoms with Crippen molar-refractivity contribution in [3.63, 3.8) is 0 Å². The fourth-order valence-corrected chi connectivity index (χ4v) is 5.76. The van der Waals surface area contributed by atoms with Crippen LogP contribution in [-0.4, -0.2) is 57.7 Å². The van der Waals surface area contributed by atoms with E-state index >= 15 is 0 Å². The van der Waals surface area contributed by atoms with Crippen LogP contribution in [0.25, 0.3) is 0 Å². The largest absolute Gasteiger partial charge is 0.351 e. The van der Waals surface area contributed by atoms with E-state index in [-0.39, 0.29) is 16.6 Å². The maximum Gasteiger partial charge on any atom is 0.243 e. The monoisotopic (exact) mass is 452 g/mol. The maximum absolute atomic E-state index is 12.5. The molecule has 1 fully saturated rings. The molecule has 11 heteroatoms. The van der Waals surface area contributed by atoms with E-state index < -0.39 is 10.0 Å². The number of rotatable bonds is 10. The number of benzene rings is 1. The minimum Gasteiger partial charge on any atom is -0.351 e. The molecule has 1 amide bonds. The Morgan fingerprint density at radius 3 is 2.50 bits per heavy atom. The Hall–Kier alpha value is -1.98. The molecule has 0 radical (unpaired) electrons. The Kier molecular flexibility index (Phi) is 7.84. The highest BCUT2D eigenvalue weighted by molar-refractivity contribution is 7.99. The topological polar surface area (TPSA) is 110 Å². The van der Waals surface area contributed by atoms with Crippen molar-refractivity contribution in [2.45, 2.75) is 62.2 Å². The van der Waals surface area contributed by atoms with E-state index in [1.165, 1.54) is 28.9 Å². The molecule has 0 atom stereocenters. The summed E-state index contributed by atoms with van der Waals surface area (Å²) in [5.74, 6) is 0.0995. The number of nitrogens with one attached hydrogen (secondary N) is 1. The fourth-order valence-electron chi connectivity index (χ4n) is 3.53. The zero-order valence-electron chi connectivity index (χ0n) is 17.3. The van der Waals surface area contributed by atoms with Crippen LogP contribution >= 0.6 is 11.8 Å². The highest BCUT2D eigenvalue weighted by Crippen LogP contribution is 2.31. The number of amides is 1. The van der Waals surface area contributed by atoms with Gasteiger partial charge < -0.3 is 5.32 Å². The number of hydrogen-bond donors (Lipinski definition) is 1. The Balaban J connectivity index is 1.50. The van der Waals surface area contributed by atoms with Gasteiger partial charge in [0, 0.05) is 19.6 Å². The van der Waals surface area contributed by atoms with E-state index in [1.54, 1.807) is 24.3 Å². The van der Waals surface area contributed by atoms with Crippen molar-refractivity contribution in [2.24, 2.45) is 0 Å². The second-order valence-corrected chi connectivity index (χ2v) is 10.0. The predicted octanol–water partition coefficient (Wildman–Crippen LogP) is 2.23. The lowest BCUT2D eigenvalue weighted by molar-refractivity contribution is -0.118. The first-order valence-corrected chi connectivity index (χ1v) is 12.6. The zero-order valence-corrected chi connectivity index (χ0v) is 19.0. The summed E-state index contributed by atoms with van der Waals surface area (Å²) in [5.41, 5.74) is 0.836. The minimum absolute atomic E-state index is 0.124. The third-order valence-electron chi connectivity index (χ3n) is 5.22. The van der Waals surface area contributed by atoms with Crippen LogP contribution in [0.2, 0.25) is 0 Å². The molecule has 2 aromatic rings. The molecule has 0 aliphatic heterocycles. The average Bonchev–Trinajstić information content (AvgIpc) is 3.43. The summed E-state index contributed by atoms with van der Waals surface area (Å²) in [6.45, 7) is 4.82. The molecule has 0 bridgehead atoms. The smallest absolute Gasteiger partial charge is 0.243 e. The van der Waals surface area contributed by atoms with Crippen LogP contribution in [0, 0.1) is 0 Å². The van der Waals surface area contributed by atoms with E-state index in [4.69, 9.17) is 0 Å². The molecule has 3 rings (SSSR count). The maximum atomic E-state index is 12.5. The second-order valence-electron chi connectivity index (χ2n) is 7.14. The molecular weight excluding hydrogens is 424 g/mol. The van der Waals surface area contributed by atoms with Gasteiger partial charge in [-0.3, -0.25) is 4.79 Å². The van der Waals surface area contributed by atoms with E-state index in [1.807, 2.05) is 18.5 Å². The molecule has 0 spiro atoms. The summed E-state index contributed by atoms with van der Waals surface area (Å²) < 4.78 is 28.3. The Bertz CT molecular complexity index is 935. The lowest BCUT2D eigenvalue weighted by Crippen LogP contribution is -2.30. The Labute approximate surface area is 181 Å². The molecule has 1 aliphatic carbocycles. The average molecular weight is 453 g/mol. The Morgan fingerprint density at radius 2 is 1.87 bits per heavy atom. The number of hydrogen-bond acceptors (Lipinski definition) is 7. The summed E-state index contributed by atoms with van der Waals surface area (Å²) in [6, 6.07) is 6.95. The molecule has 1 aromatic heterocycles. The summed E-state index contributed by atoms with van der Waals surface area (Å²) in [4.78, 5) is 12.5. The van der Waals surface area contributed by atoms with Crippen molar-refractivity contribution >= 4 is 27.7 Å². The number of aromatic nitrogens is 4. The van der Waals surface area contributed by atoms with Gasteiger partial charge in [-0.2, -0.15) is 4.31 Å². The molecule has 164 valence electrons. The van der Waals surface area contributed by atoms with Crippen molar-refractivity contribution in [1.82, 2.24) is 29.8 Å². The lowest BCUT2D eigenvalue weighted by atomic mass is 10.2. The minimum atomic E-state index is -3.47. The van der Waals surface area contributed by atoms with Crippen LogP contribution in [0.5, 0.6) is 0 Å². The SMILES string of the molecule is CCN(CC)S(=O)(=O)c1ccc(CNC(=O)CSc2nnnn2C2CCCC2)cc1. The summed E-state index contributed by atoms with van der Waals surface area (Å²) in [7, 11) is -3.47. The number of nitrogens with zero attached hydrogens (tertiary/aromatic N) is 5. The molecule has 1 aliphatic rings. The highest BCUT2D eigenvalue weighted by atomic mass is 32.2. The summed E-state index contributed by atoms with van der Waals surface area (Å²) in [5, 5.41) is 15.4. The lowest BCUT2D eigenvalue weighted by Gasteiger charge is -2.18. The van der Waals surface area contributed by atoms with Crippen LogP contribution in [-0.2, 0) is 21.4 Å². The molecule has 0 saturated heterocycles. The molecule has 1 aromatic carbocycles. The van der Waals surface area contributed by atoms with Gasteiger partial charge in [-0.05, 0) is 41.0 Å². The number of sulfonamides is 1. The first kappa shape index (κ1) is 22.7. The quantitative estimate of drug-likeness (QED) is 0.550. The standard InChI is InChI=1S/C19H28N6O3S2/c1-3-24(4-2)30(27,28)17-11-9-15(10-12-17)13-20-18(26)14-29-19-21-22-23-25(19)16-7-5-6-8-16/h9-12,16H,3-8,13-14H2,1-2H3,(H,20,26). The van der Waals surface area contributed by atoms with Crippen molar-refractivity contribution in [3.05, 3.63) is 29.8 Å². The van der Waals surface area contributed by atoms with Gasteiger partial charge in [-0.15, -0.1) is 5.10 Å². The number of tetrazole rings is 1. The first-order chi connectivity index (χ1) is 14.5. The van der Waals surface area contributed by atoms with Gasteiger partial charge in [-0.1, -0.05) is 50.6 Å².